The lowest BCUT2D eigenvalue weighted by Gasteiger charge is -2.08. The molecule has 0 amide bonds. The number of aromatic nitrogens is 2. The molecule has 0 bridgehead atoms. The number of hydrogen-bond donors (Lipinski definition) is 0. The molecule has 29 heavy (non-hydrogen) atoms. The van der Waals surface area contributed by atoms with Crippen molar-refractivity contribution >= 4 is 44.6 Å². The number of furan rings is 1. The van der Waals surface area contributed by atoms with E-state index in [1.807, 2.05) is 49.4 Å². The quantitative estimate of drug-likeness (QED) is 0.341. The van der Waals surface area contributed by atoms with Gasteiger partial charge in [-0.25, -0.2) is 4.98 Å². The van der Waals surface area contributed by atoms with Crippen LogP contribution in [0.5, 0.6) is 0 Å². The smallest absolute Gasteiger partial charge is 0.282 e. The van der Waals surface area contributed by atoms with Crippen LogP contribution in [0.15, 0.2) is 73.4 Å². The fourth-order valence-corrected chi connectivity index (χ4v) is 3.58. The van der Waals surface area contributed by atoms with Crippen LogP contribution >= 0.6 is 27.5 Å². The summed E-state index contributed by atoms with van der Waals surface area (Å²) in [6.07, 6.45) is 3.02. The van der Waals surface area contributed by atoms with Crippen LogP contribution in [-0.2, 0) is 6.42 Å². The molecule has 0 saturated carbocycles. The van der Waals surface area contributed by atoms with Gasteiger partial charge in [-0.05, 0) is 48.9 Å². The van der Waals surface area contributed by atoms with Gasteiger partial charge >= 0.3 is 0 Å². The summed E-state index contributed by atoms with van der Waals surface area (Å²) in [5.41, 5.74) is 1.32. The Balaban J connectivity index is 1.73. The standard InChI is InChI=1S/C22H17BrClN3O2/c1-2-4-21-26-19-9-7-15(23)12-18(19)22(28)27(21)25-13-17-8-10-20(29-17)14-5-3-6-16(24)11-14/h3,5-13H,2,4H2,1H3. The van der Waals surface area contributed by atoms with E-state index in [9.17, 15) is 4.79 Å². The molecule has 0 atom stereocenters. The summed E-state index contributed by atoms with van der Waals surface area (Å²) in [5, 5.41) is 5.53. The zero-order chi connectivity index (χ0) is 20.4. The highest BCUT2D eigenvalue weighted by molar-refractivity contribution is 9.10. The van der Waals surface area contributed by atoms with Crippen LogP contribution in [-0.4, -0.2) is 15.9 Å². The molecule has 0 aliphatic heterocycles. The molecule has 0 unspecified atom stereocenters. The normalized spacial score (nSPS) is 11.6. The van der Waals surface area contributed by atoms with Gasteiger partial charge in [0.25, 0.3) is 5.56 Å². The molecule has 2 aromatic heterocycles. The average molecular weight is 471 g/mol. The number of hydrogen-bond acceptors (Lipinski definition) is 4. The van der Waals surface area contributed by atoms with Crippen LogP contribution in [0.25, 0.3) is 22.2 Å². The molecule has 2 heterocycles. The minimum absolute atomic E-state index is 0.211. The van der Waals surface area contributed by atoms with E-state index in [0.29, 0.717) is 39.7 Å². The summed E-state index contributed by atoms with van der Waals surface area (Å²) in [7, 11) is 0. The maximum Gasteiger partial charge on any atom is 0.282 e. The molecule has 7 heteroatoms. The Morgan fingerprint density at radius 2 is 2.07 bits per heavy atom. The SMILES string of the molecule is CCCc1nc2ccc(Br)cc2c(=O)n1N=Cc1ccc(-c2cccc(Cl)c2)o1. The molecule has 0 saturated heterocycles. The van der Waals surface area contributed by atoms with E-state index < -0.39 is 0 Å². The molecule has 146 valence electrons. The summed E-state index contributed by atoms with van der Waals surface area (Å²) >= 11 is 9.46. The largest absolute Gasteiger partial charge is 0.455 e. The highest BCUT2D eigenvalue weighted by Gasteiger charge is 2.11. The first-order valence-corrected chi connectivity index (χ1v) is 10.3. The van der Waals surface area contributed by atoms with Gasteiger partial charge in [-0.15, -0.1) is 0 Å². The highest BCUT2D eigenvalue weighted by atomic mass is 79.9. The topological polar surface area (TPSA) is 60.4 Å². The Kier molecular flexibility index (Phi) is 5.65. The lowest BCUT2D eigenvalue weighted by Crippen LogP contribution is -2.22. The van der Waals surface area contributed by atoms with Gasteiger partial charge < -0.3 is 4.42 Å². The molecule has 0 fully saturated rings. The number of rotatable bonds is 5. The summed E-state index contributed by atoms with van der Waals surface area (Å²) in [4.78, 5) is 17.6. The van der Waals surface area contributed by atoms with E-state index in [1.165, 1.54) is 10.9 Å². The van der Waals surface area contributed by atoms with Gasteiger partial charge in [0, 0.05) is 21.5 Å². The monoisotopic (exact) mass is 469 g/mol. The molecule has 0 N–H and O–H groups in total. The Hall–Kier alpha value is -2.70. The minimum Gasteiger partial charge on any atom is -0.455 e. The van der Waals surface area contributed by atoms with Gasteiger partial charge in [0.2, 0.25) is 0 Å². The number of aryl methyl sites for hydroxylation is 1. The maximum absolute atomic E-state index is 13.0. The van der Waals surface area contributed by atoms with E-state index in [2.05, 4.69) is 26.0 Å². The summed E-state index contributed by atoms with van der Waals surface area (Å²) in [5.74, 6) is 1.82. The van der Waals surface area contributed by atoms with Crippen LogP contribution in [0.1, 0.15) is 24.9 Å². The first-order chi connectivity index (χ1) is 14.0. The molecule has 5 nitrogen and oxygen atoms in total. The number of nitrogens with zero attached hydrogens (tertiary/aromatic N) is 3. The Morgan fingerprint density at radius 3 is 2.86 bits per heavy atom. The van der Waals surface area contributed by atoms with Gasteiger partial charge in [0.1, 0.15) is 17.3 Å². The second kappa shape index (κ2) is 8.35. The lowest BCUT2D eigenvalue weighted by molar-refractivity contribution is 0.573. The maximum atomic E-state index is 13.0. The number of fused-ring (bicyclic) bond motifs is 1. The van der Waals surface area contributed by atoms with E-state index in [-0.39, 0.29) is 5.56 Å². The van der Waals surface area contributed by atoms with Gasteiger partial charge in [-0.3, -0.25) is 4.79 Å². The van der Waals surface area contributed by atoms with Crippen LogP contribution in [0.4, 0.5) is 0 Å². The Labute approximate surface area is 180 Å². The molecular formula is C22H17BrClN3O2. The Morgan fingerprint density at radius 1 is 1.21 bits per heavy atom. The van der Waals surface area contributed by atoms with Crippen molar-refractivity contribution in [1.82, 2.24) is 9.66 Å². The molecule has 0 radical (unpaired) electrons. The van der Waals surface area contributed by atoms with Crippen LogP contribution in [0, 0.1) is 0 Å². The van der Waals surface area contributed by atoms with Crippen molar-refractivity contribution in [2.45, 2.75) is 19.8 Å². The second-order valence-corrected chi connectivity index (χ2v) is 7.87. The summed E-state index contributed by atoms with van der Waals surface area (Å²) in [6, 6.07) is 16.5. The summed E-state index contributed by atoms with van der Waals surface area (Å²) in [6.45, 7) is 2.04. The van der Waals surface area contributed by atoms with E-state index in [1.54, 1.807) is 12.1 Å². The van der Waals surface area contributed by atoms with Crippen molar-refractivity contribution in [3.05, 3.63) is 86.0 Å². The molecular weight excluding hydrogens is 454 g/mol. The molecule has 0 aliphatic carbocycles. The molecule has 4 rings (SSSR count). The molecule has 2 aromatic carbocycles. The average Bonchev–Trinajstić information content (AvgIpc) is 3.18. The fraction of sp³-hybridized carbons (Fsp3) is 0.136. The third-order valence-corrected chi connectivity index (χ3v) is 5.11. The predicted molar refractivity (Wildman–Crippen MR) is 120 cm³/mol. The van der Waals surface area contributed by atoms with Gasteiger partial charge in [0.05, 0.1) is 17.1 Å². The van der Waals surface area contributed by atoms with Crippen LogP contribution in [0.2, 0.25) is 5.02 Å². The van der Waals surface area contributed by atoms with Crippen molar-refractivity contribution in [3.8, 4) is 11.3 Å². The van der Waals surface area contributed by atoms with E-state index in [4.69, 9.17) is 16.0 Å². The van der Waals surface area contributed by atoms with Crippen LogP contribution < -0.4 is 5.56 Å². The van der Waals surface area contributed by atoms with Crippen molar-refractivity contribution in [3.63, 3.8) is 0 Å². The number of benzene rings is 2. The number of halogens is 2. The van der Waals surface area contributed by atoms with E-state index >= 15 is 0 Å². The molecule has 0 spiro atoms. The first kappa shape index (κ1) is 19.6. The van der Waals surface area contributed by atoms with Crippen molar-refractivity contribution in [1.29, 1.82) is 0 Å². The molecule has 4 aromatic rings. The summed E-state index contributed by atoms with van der Waals surface area (Å²) < 4.78 is 8.01. The molecule has 0 aliphatic rings. The second-order valence-electron chi connectivity index (χ2n) is 6.51. The fourth-order valence-electron chi connectivity index (χ4n) is 3.03. The zero-order valence-electron chi connectivity index (χ0n) is 15.6. The van der Waals surface area contributed by atoms with Gasteiger partial charge in [-0.2, -0.15) is 9.78 Å². The third kappa shape index (κ3) is 4.18. The minimum atomic E-state index is -0.211. The van der Waals surface area contributed by atoms with E-state index in [0.717, 1.165) is 16.5 Å². The zero-order valence-corrected chi connectivity index (χ0v) is 17.9. The van der Waals surface area contributed by atoms with Crippen LogP contribution in [0.3, 0.4) is 0 Å². The first-order valence-electron chi connectivity index (χ1n) is 9.16. The predicted octanol–water partition coefficient (Wildman–Crippen LogP) is 5.91. The van der Waals surface area contributed by atoms with Crippen molar-refractivity contribution in [2.75, 3.05) is 0 Å². The van der Waals surface area contributed by atoms with Crippen molar-refractivity contribution < 1.29 is 4.42 Å². The highest BCUT2D eigenvalue weighted by Crippen LogP contribution is 2.24. The van der Waals surface area contributed by atoms with Gasteiger partial charge in [-0.1, -0.05) is 46.6 Å². The van der Waals surface area contributed by atoms with Gasteiger partial charge in [0.15, 0.2) is 0 Å². The lowest BCUT2D eigenvalue weighted by atomic mass is 10.2. The Bertz CT molecular complexity index is 1280. The van der Waals surface area contributed by atoms with Crippen molar-refractivity contribution in [2.24, 2.45) is 5.10 Å². The third-order valence-electron chi connectivity index (χ3n) is 4.39.